The number of rotatable bonds is 4. The van der Waals surface area contributed by atoms with Crippen molar-refractivity contribution in [2.45, 2.75) is 6.42 Å². The molecule has 0 fully saturated rings. The van der Waals surface area contributed by atoms with Gasteiger partial charge in [-0.05, 0) is 30.7 Å². The SMILES string of the molecule is C=CCCNC(=O)c1cc2ccc(F)cc2n1C. The summed E-state index contributed by atoms with van der Waals surface area (Å²) in [5.74, 6) is -0.460. The number of nitrogens with one attached hydrogen (secondary N) is 1. The molecule has 94 valence electrons. The second-order valence-corrected chi connectivity index (χ2v) is 4.12. The number of fused-ring (bicyclic) bond motifs is 1. The highest BCUT2D eigenvalue weighted by atomic mass is 19.1. The maximum atomic E-state index is 13.2. The van der Waals surface area contributed by atoms with Crippen LogP contribution in [0.15, 0.2) is 36.9 Å². The molecule has 2 aromatic rings. The van der Waals surface area contributed by atoms with E-state index >= 15 is 0 Å². The van der Waals surface area contributed by atoms with Gasteiger partial charge in [0.1, 0.15) is 11.5 Å². The number of halogens is 1. The quantitative estimate of drug-likeness (QED) is 0.653. The van der Waals surface area contributed by atoms with Crippen molar-refractivity contribution in [3.63, 3.8) is 0 Å². The minimum absolute atomic E-state index is 0.157. The summed E-state index contributed by atoms with van der Waals surface area (Å²) in [4.78, 5) is 11.9. The Bertz CT molecular complexity index is 601. The number of nitrogens with zero attached hydrogens (tertiary/aromatic N) is 1. The molecule has 1 N–H and O–H groups in total. The highest BCUT2D eigenvalue weighted by Gasteiger charge is 2.12. The Morgan fingerprint density at radius 2 is 2.28 bits per heavy atom. The molecule has 0 aliphatic rings. The van der Waals surface area contributed by atoms with Crippen molar-refractivity contribution in [1.29, 1.82) is 0 Å². The van der Waals surface area contributed by atoms with E-state index in [1.807, 2.05) is 0 Å². The fourth-order valence-corrected chi connectivity index (χ4v) is 1.90. The summed E-state index contributed by atoms with van der Waals surface area (Å²) < 4.78 is 14.8. The van der Waals surface area contributed by atoms with Crippen molar-refractivity contribution in [2.75, 3.05) is 6.54 Å². The van der Waals surface area contributed by atoms with Crippen molar-refractivity contribution in [3.8, 4) is 0 Å². The van der Waals surface area contributed by atoms with Gasteiger partial charge in [-0.15, -0.1) is 6.58 Å². The minimum Gasteiger partial charge on any atom is -0.350 e. The molecule has 3 nitrogen and oxygen atoms in total. The van der Waals surface area contributed by atoms with Gasteiger partial charge in [0.15, 0.2) is 0 Å². The first-order valence-electron chi connectivity index (χ1n) is 5.77. The van der Waals surface area contributed by atoms with Gasteiger partial charge in [-0.2, -0.15) is 0 Å². The van der Waals surface area contributed by atoms with Crippen LogP contribution < -0.4 is 5.32 Å². The lowest BCUT2D eigenvalue weighted by Gasteiger charge is -2.05. The third-order valence-corrected chi connectivity index (χ3v) is 2.87. The number of benzene rings is 1. The normalized spacial score (nSPS) is 10.6. The molecule has 1 heterocycles. The van der Waals surface area contributed by atoms with Gasteiger partial charge < -0.3 is 9.88 Å². The Balaban J connectivity index is 2.31. The van der Waals surface area contributed by atoms with E-state index in [4.69, 9.17) is 0 Å². The molecule has 0 saturated carbocycles. The molecule has 0 bridgehead atoms. The Labute approximate surface area is 105 Å². The average molecular weight is 246 g/mol. The van der Waals surface area contributed by atoms with Crippen LogP contribution in [0.25, 0.3) is 10.9 Å². The maximum Gasteiger partial charge on any atom is 0.267 e. The third-order valence-electron chi connectivity index (χ3n) is 2.87. The Morgan fingerprint density at radius 3 is 3.00 bits per heavy atom. The lowest BCUT2D eigenvalue weighted by atomic mass is 10.2. The molecule has 0 spiro atoms. The first-order chi connectivity index (χ1) is 8.63. The summed E-state index contributed by atoms with van der Waals surface area (Å²) in [5, 5.41) is 3.65. The van der Waals surface area contributed by atoms with Crippen LogP contribution in [-0.4, -0.2) is 17.0 Å². The summed E-state index contributed by atoms with van der Waals surface area (Å²) >= 11 is 0. The Hall–Kier alpha value is -2.10. The van der Waals surface area contributed by atoms with E-state index in [0.29, 0.717) is 17.8 Å². The largest absolute Gasteiger partial charge is 0.350 e. The van der Waals surface area contributed by atoms with Crippen LogP contribution in [0.2, 0.25) is 0 Å². The standard InChI is InChI=1S/C14H15FN2O/c1-3-4-7-16-14(18)13-8-10-5-6-11(15)9-12(10)17(13)2/h3,5-6,8-9H,1,4,7H2,2H3,(H,16,18). The zero-order valence-corrected chi connectivity index (χ0v) is 10.2. The topological polar surface area (TPSA) is 34.0 Å². The molecular weight excluding hydrogens is 231 g/mol. The van der Waals surface area contributed by atoms with Crippen molar-refractivity contribution in [3.05, 3.63) is 48.4 Å². The number of hydrogen-bond donors (Lipinski definition) is 1. The van der Waals surface area contributed by atoms with Crippen molar-refractivity contribution < 1.29 is 9.18 Å². The van der Waals surface area contributed by atoms with Gasteiger partial charge in [-0.1, -0.05) is 6.08 Å². The zero-order valence-electron chi connectivity index (χ0n) is 10.2. The lowest BCUT2D eigenvalue weighted by molar-refractivity contribution is 0.0946. The van der Waals surface area contributed by atoms with Crippen LogP contribution in [0.5, 0.6) is 0 Å². The summed E-state index contributed by atoms with van der Waals surface area (Å²) in [7, 11) is 1.75. The lowest BCUT2D eigenvalue weighted by Crippen LogP contribution is -2.25. The molecule has 2 rings (SSSR count). The van der Waals surface area contributed by atoms with E-state index in [1.165, 1.54) is 12.1 Å². The fourth-order valence-electron chi connectivity index (χ4n) is 1.90. The van der Waals surface area contributed by atoms with Gasteiger partial charge in [0.2, 0.25) is 0 Å². The van der Waals surface area contributed by atoms with Crippen LogP contribution in [0.3, 0.4) is 0 Å². The zero-order chi connectivity index (χ0) is 13.1. The summed E-state index contributed by atoms with van der Waals surface area (Å²) in [6, 6.07) is 6.25. The van der Waals surface area contributed by atoms with Crippen molar-refractivity contribution in [1.82, 2.24) is 9.88 Å². The maximum absolute atomic E-state index is 13.2. The van der Waals surface area contributed by atoms with Crippen LogP contribution in [-0.2, 0) is 7.05 Å². The molecule has 1 aromatic heterocycles. The Morgan fingerprint density at radius 1 is 1.50 bits per heavy atom. The molecule has 0 aliphatic heterocycles. The summed E-state index contributed by atoms with van der Waals surface area (Å²) in [5.41, 5.74) is 1.24. The van der Waals surface area contributed by atoms with Crippen LogP contribution in [0, 0.1) is 5.82 Å². The summed E-state index contributed by atoms with van der Waals surface area (Å²) in [6.45, 7) is 4.15. The van der Waals surface area contributed by atoms with E-state index in [0.717, 1.165) is 11.8 Å². The second kappa shape index (κ2) is 5.04. The van der Waals surface area contributed by atoms with E-state index in [9.17, 15) is 9.18 Å². The smallest absolute Gasteiger partial charge is 0.267 e. The first kappa shape index (κ1) is 12.4. The van der Waals surface area contributed by atoms with Gasteiger partial charge in [0, 0.05) is 19.0 Å². The molecule has 0 aliphatic carbocycles. The van der Waals surface area contributed by atoms with Gasteiger partial charge in [0.25, 0.3) is 5.91 Å². The molecule has 0 unspecified atom stereocenters. The third kappa shape index (κ3) is 2.27. The number of aryl methyl sites for hydroxylation is 1. The fraction of sp³-hybridized carbons (Fsp3) is 0.214. The number of carbonyl (C=O) groups excluding carboxylic acids is 1. The predicted molar refractivity (Wildman–Crippen MR) is 70.0 cm³/mol. The van der Waals surface area contributed by atoms with Gasteiger partial charge in [-0.3, -0.25) is 4.79 Å². The van der Waals surface area contributed by atoms with E-state index in [1.54, 1.807) is 29.8 Å². The molecular formula is C14H15FN2O. The Kier molecular flexibility index (Phi) is 3.46. The average Bonchev–Trinajstić information content (AvgIpc) is 2.67. The van der Waals surface area contributed by atoms with E-state index < -0.39 is 0 Å². The first-order valence-corrected chi connectivity index (χ1v) is 5.77. The van der Waals surface area contributed by atoms with Gasteiger partial charge >= 0.3 is 0 Å². The van der Waals surface area contributed by atoms with Crippen LogP contribution >= 0.6 is 0 Å². The summed E-state index contributed by atoms with van der Waals surface area (Å²) in [6.07, 6.45) is 2.47. The second-order valence-electron chi connectivity index (χ2n) is 4.12. The highest BCUT2D eigenvalue weighted by molar-refractivity contribution is 5.98. The van der Waals surface area contributed by atoms with Crippen LogP contribution in [0.4, 0.5) is 4.39 Å². The predicted octanol–water partition coefficient (Wildman–Crippen LogP) is 2.62. The van der Waals surface area contributed by atoms with Gasteiger partial charge in [0.05, 0.1) is 5.52 Å². The number of amides is 1. The molecule has 0 atom stereocenters. The van der Waals surface area contributed by atoms with E-state index in [-0.39, 0.29) is 11.7 Å². The molecule has 0 radical (unpaired) electrons. The van der Waals surface area contributed by atoms with Crippen LogP contribution in [0.1, 0.15) is 16.9 Å². The monoisotopic (exact) mass is 246 g/mol. The molecule has 1 amide bonds. The molecule has 18 heavy (non-hydrogen) atoms. The highest BCUT2D eigenvalue weighted by Crippen LogP contribution is 2.19. The number of aromatic nitrogens is 1. The number of hydrogen-bond acceptors (Lipinski definition) is 1. The minimum atomic E-state index is -0.303. The molecule has 4 heteroatoms. The van der Waals surface area contributed by atoms with Crippen molar-refractivity contribution >= 4 is 16.8 Å². The van der Waals surface area contributed by atoms with E-state index in [2.05, 4.69) is 11.9 Å². The van der Waals surface area contributed by atoms with Gasteiger partial charge in [-0.25, -0.2) is 4.39 Å². The molecule has 1 aromatic carbocycles. The molecule has 0 saturated heterocycles. The number of carbonyl (C=O) groups is 1. The van der Waals surface area contributed by atoms with Crippen molar-refractivity contribution in [2.24, 2.45) is 7.05 Å².